The summed E-state index contributed by atoms with van der Waals surface area (Å²) in [6.45, 7) is 19.8. The van der Waals surface area contributed by atoms with Gasteiger partial charge in [-0.25, -0.2) is 0 Å². The average molecular weight is 227 g/mol. The fourth-order valence-electron chi connectivity index (χ4n) is 1.88. The maximum Gasteiger partial charge on any atom is 0.00924 e. The Morgan fingerprint density at radius 2 is 1.50 bits per heavy atom. The van der Waals surface area contributed by atoms with E-state index in [0.29, 0.717) is 16.9 Å². The minimum Gasteiger partial charge on any atom is -0.314 e. The highest BCUT2D eigenvalue weighted by molar-refractivity contribution is 4.85. The molecule has 0 aromatic carbocycles. The van der Waals surface area contributed by atoms with Gasteiger partial charge < -0.3 is 5.32 Å². The second-order valence-electron chi connectivity index (χ2n) is 7.12. The molecule has 0 saturated carbocycles. The Balaban J connectivity index is 4.10. The lowest BCUT2D eigenvalue weighted by molar-refractivity contribution is 0.155. The molecule has 0 bridgehead atoms. The molecule has 98 valence electrons. The topological polar surface area (TPSA) is 12.0 Å². The molecule has 0 aromatic rings. The smallest absolute Gasteiger partial charge is 0.00924 e. The van der Waals surface area contributed by atoms with E-state index in [-0.39, 0.29) is 0 Å². The molecule has 16 heavy (non-hydrogen) atoms. The summed E-state index contributed by atoms with van der Waals surface area (Å²) in [4.78, 5) is 0. The van der Waals surface area contributed by atoms with E-state index < -0.39 is 0 Å². The third-order valence-electron chi connectivity index (χ3n) is 4.32. The number of rotatable bonds is 6. The lowest BCUT2D eigenvalue weighted by Gasteiger charge is -2.38. The second-order valence-corrected chi connectivity index (χ2v) is 7.12. The molecular weight excluding hydrogens is 194 g/mol. The molecule has 0 heterocycles. The molecule has 0 radical (unpaired) electrons. The van der Waals surface area contributed by atoms with Crippen molar-refractivity contribution in [3.05, 3.63) is 0 Å². The summed E-state index contributed by atoms with van der Waals surface area (Å²) in [5.41, 5.74) is 0.819. The molecule has 0 aliphatic heterocycles. The molecule has 0 rings (SSSR count). The summed E-state index contributed by atoms with van der Waals surface area (Å²) in [5, 5.41) is 3.69. The van der Waals surface area contributed by atoms with Crippen LogP contribution < -0.4 is 5.32 Å². The molecule has 2 unspecified atom stereocenters. The molecule has 0 amide bonds. The van der Waals surface area contributed by atoms with Gasteiger partial charge in [-0.2, -0.15) is 0 Å². The fraction of sp³-hybridized carbons (Fsp3) is 1.00. The zero-order chi connectivity index (χ0) is 13.0. The molecule has 0 saturated heterocycles. The Morgan fingerprint density at radius 1 is 1.00 bits per heavy atom. The van der Waals surface area contributed by atoms with Gasteiger partial charge in [0.2, 0.25) is 0 Å². The van der Waals surface area contributed by atoms with Gasteiger partial charge in [-0.05, 0) is 36.6 Å². The molecule has 0 aliphatic carbocycles. The first-order valence-electron chi connectivity index (χ1n) is 6.84. The van der Waals surface area contributed by atoms with Gasteiger partial charge in [-0.15, -0.1) is 0 Å². The van der Waals surface area contributed by atoms with Gasteiger partial charge in [-0.3, -0.25) is 0 Å². The monoisotopic (exact) mass is 227 g/mol. The fourth-order valence-corrected chi connectivity index (χ4v) is 1.88. The highest BCUT2D eigenvalue weighted by Gasteiger charge is 2.30. The molecule has 1 N–H and O–H groups in total. The van der Waals surface area contributed by atoms with Crippen molar-refractivity contribution in [2.45, 2.75) is 74.3 Å². The summed E-state index contributed by atoms with van der Waals surface area (Å²) in [6.07, 6.45) is 2.51. The predicted octanol–water partition coefficient (Wildman–Crippen LogP) is 4.47. The van der Waals surface area contributed by atoms with Crippen LogP contribution in [0.15, 0.2) is 0 Å². The normalized spacial score (nSPS) is 17.2. The first-order chi connectivity index (χ1) is 7.11. The minimum absolute atomic E-state index is 0.382. The maximum atomic E-state index is 3.69. The third kappa shape index (κ3) is 5.34. The van der Waals surface area contributed by atoms with Crippen molar-refractivity contribution < 1.29 is 0 Å². The zero-order valence-corrected chi connectivity index (χ0v) is 12.8. The van der Waals surface area contributed by atoms with Gasteiger partial charge in [0.05, 0.1) is 0 Å². The first-order valence-corrected chi connectivity index (χ1v) is 6.84. The van der Waals surface area contributed by atoms with Gasteiger partial charge in [0.25, 0.3) is 0 Å². The van der Waals surface area contributed by atoms with Crippen molar-refractivity contribution in [3.63, 3.8) is 0 Å². The number of nitrogens with one attached hydrogen (secondary N) is 1. The van der Waals surface area contributed by atoms with Crippen LogP contribution in [0.5, 0.6) is 0 Å². The van der Waals surface area contributed by atoms with Crippen LogP contribution in [0, 0.1) is 16.7 Å². The Labute approximate surface area is 103 Å². The molecule has 2 atom stereocenters. The van der Waals surface area contributed by atoms with Gasteiger partial charge in [0.15, 0.2) is 0 Å². The highest BCUT2D eigenvalue weighted by atomic mass is 14.9. The van der Waals surface area contributed by atoms with E-state index >= 15 is 0 Å². The Hall–Kier alpha value is -0.0400. The first kappa shape index (κ1) is 16.0. The van der Waals surface area contributed by atoms with Crippen LogP contribution in [0.4, 0.5) is 0 Å². The van der Waals surface area contributed by atoms with E-state index in [4.69, 9.17) is 0 Å². The Bertz CT molecular complexity index is 188. The Morgan fingerprint density at radius 3 is 1.88 bits per heavy atom. The van der Waals surface area contributed by atoms with Gasteiger partial charge in [0, 0.05) is 6.04 Å². The van der Waals surface area contributed by atoms with Gasteiger partial charge >= 0.3 is 0 Å². The van der Waals surface area contributed by atoms with E-state index in [9.17, 15) is 0 Å². The molecule has 0 fully saturated rings. The van der Waals surface area contributed by atoms with Crippen LogP contribution in [-0.4, -0.2) is 12.6 Å². The van der Waals surface area contributed by atoms with Crippen molar-refractivity contribution >= 4 is 0 Å². The molecule has 1 heteroatoms. The summed E-state index contributed by atoms with van der Waals surface area (Å²) < 4.78 is 0. The summed E-state index contributed by atoms with van der Waals surface area (Å²) in [7, 11) is 0. The average Bonchev–Trinajstić information content (AvgIpc) is 2.14. The van der Waals surface area contributed by atoms with E-state index in [1.165, 1.54) is 12.8 Å². The van der Waals surface area contributed by atoms with Crippen LogP contribution in [-0.2, 0) is 0 Å². The van der Waals surface area contributed by atoms with Crippen LogP contribution in [0.3, 0.4) is 0 Å². The minimum atomic E-state index is 0.382. The summed E-state index contributed by atoms with van der Waals surface area (Å²) >= 11 is 0. The molecule has 0 aliphatic rings. The van der Waals surface area contributed by atoms with E-state index in [1.807, 2.05) is 0 Å². The molecule has 1 nitrogen and oxygen atoms in total. The molecular formula is C15H33N. The van der Waals surface area contributed by atoms with Crippen LogP contribution in [0.2, 0.25) is 0 Å². The lowest BCUT2D eigenvalue weighted by Crippen LogP contribution is -2.44. The molecule has 0 aromatic heterocycles. The van der Waals surface area contributed by atoms with Crippen molar-refractivity contribution in [2.24, 2.45) is 16.7 Å². The SMILES string of the molecule is CCC(C)C(C)(C)C(C)NCCC(C)(C)C. The van der Waals surface area contributed by atoms with Gasteiger partial charge in [0.1, 0.15) is 0 Å². The van der Waals surface area contributed by atoms with E-state index in [0.717, 1.165) is 12.5 Å². The Kier molecular flexibility index (Phi) is 6.03. The van der Waals surface area contributed by atoms with Crippen molar-refractivity contribution in [1.29, 1.82) is 0 Å². The highest BCUT2D eigenvalue weighted by Crippen LogP contribution is 2.32. The zero-order valence-electron chi connectivity index (χ0n) is 12.8. The summed E-state index contributed by atoms with van der Waals surface area (Å²) in [6, 6.07) is 0.588. The summed E-state index contributed by atoms with van der Waals surface area (Å²) in [5.74, 6) is 0.768. The van der Waals surface area contributed by atoms with Crippen LogP contribution in [0.25, 0.3) is 0 Å². The number of hydrogen-bond acceptors (Lipinski definition) is 1. The van der Waals surface area contributed by atoms with Crippen molar-refractivity contribution in [3.8, 4) is 0 Å². The van der Waals surface area contributed by atoms with Crippen LogP contribution >= 0.6 is 0 Å². The van der Waals surface area contributed by atoms with E-state index in [2.05, 4.69) is 60.7 Å². The predicted molar refractivity (Wildman–Crippen MR) is 74.8 cm³/mol. The van der Waals surface area contributed by atoms with E-state index in [1.54, 1.807) is 0 Å². The quantitative estimate of drug-likeness (QED) is 0.706. The van der Waals surface area contributed by atoms with Gasteiger partial charge in [-0.1, -0.05) is 54.9 Å². The second kappa shape index (κ2) is 6.05. The number of hydrogen-bond donors (Lipinski definition) is 1. The van der Waals surface area contributed by atoms with Crippen molar-refractivity contribution in [2.75, 3.05) is 6.54 Å². The van der Waals surface area contributed by atoms with Crippen molar-refractivity contribution in [1.82, 2.24) is 5.32 Å². The lowest BCUT2D eigenvalue weighted by atomic mass is 9.73. The largest absolute Gasteiger partial charge is 0.314 e. The molecule has 0 spiro atoms. The van der Waals surface area contributed by atoms with Crippen LogP contribution in [0.1, 0.15) is 68.2 Å². The third-order valence-corrected chi connectivity index (χ3v) is 4.32. The maximum absolute atomic E-state index is 3.69. The standard InChI is InChI=1S/C15H33N/c1-9-12(2)15(7,8)13(3)16-11-10-14(4,5)6/h12-13,16H,9-11H2,1-8H3.